The van der Waals surface area contributed by atoms with Crippen LogP contribution in [0.2, 0.25) is 0 Å². The third-order valence-corrected chi connectivity index (χ3v) is 6.05. The Bertz CT molecular complexity index is 1110. The van der Waals surface area contributed by atoms with Gasteiger partial charge in [-0.15, -0.1) is 0 Å². The van der Waals surface area contributed by atoms with Crippen molar-refractivity contribution in [1.29, 1.82) is 0 Å². The highest BCUT2D eigenvalue weighted by Gasteiger charge is 2.30. The van der Waals surface area contributed by atoms with Crippen molar-refractivity contribution < 1.29 is 24.9 Å². The van der Waals surface area contributed by atoms with Gasteiger partial charge in [-0.25, -0.2) is 4.52 Å². The standard InChI is InChI=1S/C23H29BrN4O5/c1-3-17-4-6-20-22(15-8-16(24)10-25-9-15)18(19(11-33-2)27-28(17)20)5-7-21(32)26-23(12-29,13-30)14-31/h4,6,8-10,29-31H,3,5,7,11-14H2,1-2H3,(H,26,32). The van der Waals surface area contributed by atoms with Crippen LogP contribution in [-0.4, -0.2) is 68.3 Å². The van der Waals surface area contributed by atoms with Gasteiger partial charge in [-0.3, -0.25) is 9.78 Å². The maximum absolute atomic E-state index is 12.7. The summed E-state index contributed by atoms with van der Waals surface area (Å²) in [5.41, 5.74) is 3.83. The number of rotatable bonds is 11. The molecular weight excluding hydrogens is 492 g/mol. The summed E-state index contributed by atoms with van der Waals surface area (Å²) in [7, 11) is 1.59. The molecule has 0 bridgehead atoms. The highest BCUT2D eigenvalue weighted by atomic mass is 79.9. The molecule has 3 rings (SSSR count). The number of pyridine rings is 1. The molecular formula is C23H29BrN4O5. The van der Waals surface area contributed by atoms with Gasteiger partial charge in [0.2, 0.25) is 5.91 Å². The van der Waals surface area contributed by atoms with Crippen molar-refractivity contribution in [3.63, 3.8) is 0 Å². The maximum atomic E-state index is 12.7. The molecule has 0 aliphatic rings. The van der Waals surface area contributed by atoms with E-state index in [0.717, 1.165) is 38.8 Å². The van der Waals surface area contributed by atoms with Gasteiger partial charge in [-0.1, -0.05) is 6.92 Å². The Morgan fingerprint density at radius 1 is 1.21 bits per heavy atom. The molecule has 0 spiro atoms. The number of carbonyl (C=O) groups is 1. The molecule has 0 saturated heterocycles. The van der Waals surface area contributed by atoms with Crippen molar-refractivity contribution in [1.82, 2.24) is 19.9 Å². The molecule has 0 saturated carbocycles. The van der Waals surface area contributed by atoms with Crippen molar-refractivity contribution >= 4 is 27.4 Å². The molecule has 0 radical (unpaired) electrons. The SMILES string of the molecule is CCc1ccc2c(-c3cncc(Br)c3)c(CCC(=O)NC(CO)(CO)CO)c(COC)nn12. The fourth-order valence-corrected chi connectivity index (χ4v) is 4.15. The quantitative estimate of drug-likeness (QED) is 0.302. The van der Waals surface area contributed by atoms with Gasteiger partial charge in [0.1, 0.15) is 5.54 Å². The van der Waals surface area contributed by atoms with E-state index in [1.54, 1.807) is 19.5 Å². The van der Waals surface area contributed by atoms with Gasteiger partial charge in [-0.2, -0.15) is 5.10 Å². The number of ether oxygens (including phenoxy) is 1. The van der Waals surface area contributed by atoms with Crippen LogP contribution in [0, 0.1) is 0 Å². The van der Waals surface area contributed by atoms with Crippen LogP contribution in [0.3, 0.4) is 0 Å². The second-order valence-electron chi connectivity index (χ2n) is 7.90. The molecule has 3 aromatic heterocycles. The first-order valence-electron chi connectivity index (χ1n) is 10.7. The van der Waals surface area contributed by atoms with E-state index >= 15 is 0 Å². The van der Waals surface area contributed by atoms with Crippen LogP contribution in [0.5, 0.6) is 0 Å². The topological polar surface area (TPSA) is 129 Å². The monoisotopic (exact) mass is 520 g/mol. The summed E-state index contributed by atoms with van der Waals surface area (Å²) in [4.78, 5) is 17.0. The van der Waals surface area contributed by atoms with Gasteiger partial charge in [0.05, 0.1) is 37.6 Å². The number of aryl methyl sites for hydroxylation is 1. The van der Waals surface area contributed by atoms with E-state index in [0.29, 0.717) is 12.1 Å². The number of halogens is 1. The number of nitrogens with zero attached hydrogens (tertiary/aromatic N) is 3. The number of hydrogen-bond donors (Lipinski definition) is 4. The minimum Gasteiger partial charge on any atom is -0.394 e. The number of aliphatic hydroxyl groups excluding tert-OH is 3. The largest absolute Gasteiger partial charge is 0.394 e. The summed E-state index contributed by atoms with van der Waals surface area (Å²) in [6, 6.07) is 6.01. The first kappa shape index (κ1) is 25.3. The average molecular weight is 521 g/mol. The summed E-state index contributed by atoms with van der Waals surface area (Å²) in [6.07, 6.45) is 4.68. The van der Waals surface area contributed by atoms with Crippen LogP contribution < -0.4 is 5.32 Å². The zero-order valence-corrected chi connectivity index (χ0v) is 20.3. The van der Waals surface area contributed by atoms with E-state index in [-0.39, 0.29) is 13.0 Å². The molecule has 3 aromatic rings. The van der Waals surface area contributed by atoms with E-state index in [1.807, 2.05) is 22.7 Å². The van der Waals surface area contributed by atoms with Crippen molar-refractivity contribution in [2.24, 2.45) is 0 Å². The number of carbonyl (C=O) groups excluding carboxylic acids is 1. The molecule has 3 heterocycles. The van der Waals surface area contributed by atoms with Crippen molar-refractivity contribution in [2.45, 2.75) is 38.3 Å². The molecule has 0 atom stereocenters. The van der Waals surface area contributed by atoms with Crippen LogP contribution in [0.1, 0.15) is 30.3 Å². The lowest BCUT2D eigenvalue weighted by molar-refractivity contribution is -0.125. The van der Waals surface area contributed by atoms with E-state index in [2.05, 4.69) is 33.2 Å². The summed E-state index contributed by atoms with van der Waals surface area (Å²) in [6.45, 7) is 0.595. The fourth-order valence-electron chi connectivity index (χ4n) is 3.78. The Morgan fingerprint density at radius 3 is 2.55 bits per heavy atom. The Hall–Kier alpha value is -2.37. The van der Waals surface area contributed by atoms with Gasteiger partial charge in [0.15, 0.2) is 0 Å². The van der Waals surface area contributed by atoms with Gasteiger partial charge in [-0.05, 0) is 52.5 Å². The van der Waals surface area contributed by atoms with Crippen LogP contribution >= 0.6 is 15.9 Å². The normalized spacial score (nSPS) is 11.8. The number of fused-ring (bicyclic) bond motifs is 1. The first-order chi connectivity index (χ1) is 15.9. The molecule has 0 fully saturated rings. The second-order valence-corrected chi connectivity index (χ2v) is 8.82. The lowest BCUT2D eigenvalue weighted by Crippen LogP contribution is -2.57. The van der Waals surface area contributed by atoms with Crippen LogP contribution in [0.15, 0.2) is 35.1 Å². The number of hydrogen-bond acceptors (Lipinski definition) is 7. The summed E-state index contributed by atoms with van der Waals surface area (Å²) >= 11 is 3.49. The Morgan fingerprint density at radius 2 is 1.94 bits per heavy atom. The highest BCUT2D eigenvalue weighted by molar-refractivity contribution is 9.10. The zero-order valence-electron chi connectivity index (χ0n) is 18.7. The predicted molar refractivity (Wildman–Crippen MR) is 127 cm³/mol. The fraction of sp³-hybridized carbons (Fsp3) is 0.435. The third-order valence-electron chi connectivity index (χ3n) is 5.61. The van der Waals surface area contributed by atoms with Crippen molar-refractivity contribution in [2.75, 3.05) is 26.9 Å². The molecule has 0 aliphatic carbocycles. The minimum atomic E-state index is -1.47. The first-order valence-corrected chi connectivity index (χ1v) is 11.5. The smallest absolute Gasteiger partial charge is 0.220 e. The van der Waals surface area contributed by atoms with Crippen LogP contribution in [0.4, 0.5) is 0 Å². The summed E-state index contributed by atoms with van der Waals surface area (Å²) < 4.78 is 8.15. The van der Waals surface area contributed by atoms with Crippen LogP contribution in [0.25, 0.3) is 16.6 Å². The van der Waals surface area contributed by atoms with Gasteiger partial charge in [0, 0.05) is 47.2 Å². The van der Waals surface area contributed by atoms with E-state index < -0.39 is 31.3 Å². The highest BCUT2D eigenvalue weighted by Crippen LogP contribution is 2.33. The molecule has 0 aromatic carbocycles. The lowest BCUT2D eigenvalue weighted by Gasteiger charge is -2.28. The molecule has 9 nitrogen and oxygen atoms in total. The van der Waals surface area contributed by atoms with Gasteiger partial charge >= 0.3 is 0 Å². The van der Waals surface area contributed by atoms with Crippen LogP contribution in [-0.2, 0) is 29.0 Å². The third kappa shape index (κ3) is 5.42. The summed E-state index contributed by atoms with van der Waals surface area (Å²) in [5, 5.41) is 35.9. The molecule has 178 valence electrons. The Kier molecular flexibility index (Phi) is 8.55. The summed E-state index contributed by atoms with van der Waals surface area (Å²) in [5.74, 6) is -0.404. The van der Waals surface area contributed by atoms with E-state index in [9.17, 15) is 20.1 Å². The lowest BCUT2D eigenvalue weighted by atomic mass is 9.95. The Balaban J connectivity index is 2.08. The molecule has 4 N–H and O–H groups in total. The molecule has 10 heteroatoms. The number of nitrogens with one attached hydrogen (secondary N) is 1. The number of aromatic nitrogens is 3. The number of methoxy groups -OCH3 is 1. The number of aliphatic hydroxyl groups is 3. The van der Waals surface area contributed by atoms with Crippen molar-refractivity contribution in [3.05, 3.63) is 52.0 Å². The maximum Gasteiger partial charge on any atom is 0.220 e. The second kappa shape index (κ2) is 11.2. The predicted octanol–water partition coefficient (Wildman–Crippen LogP) is 1.63. The molecule has 0 aliphatic heterocycles. The molecule has 33 heavy (non-hydrogen) atoms. The molecule has 1 amide bonds. The van der Waals surface area contributed by atoms with Gasteiger partial charge < -0.3 is 25.4 Å². The molecule has 0 unspecified atom stereocenters. The zero-order chi connectivity index (χ0) is 24.0. The van der Waals surface area contributed by atoms with Gasteiger partial charge in [0.25, 0.3) is 0 Å². The average Bonchev–Trinajstić information content (AvgIpc) is 3.23. The minimum absolute atomic E-state index is 0.0616. The Labute approximate surface area is 200 Å². The number of amides is 1. The van der Waals surface area contributed by atoms with Crippen molar-refractivity contribution in [3.8, 4) is 11.1 Å². The van der Waals surface area contributed by atoms with E-state index in [1.165, 1.54) is 0 Å². The van der Waals surface area contributed by atoms with E-state index in [4.69, 9.17) is 9.84 Å².